The fourth-order valence-corrected chi connectivity index (χ4v) is 5.53. The number of ketones is 1. The quantitative estimate of drug-likeness (QED) is 0.588. The van der Waals surface area contributed by atoms with Gasteiger partial charge in [-0.25, -0.2) is 0 Å². The molecule has 0 aromatic heterocycles. The molecule has 4 rings (SSSR count). The monoisotopic (exact) mass is 394 g/mol. The zero-order chi connectivity index (χ0) is 20.1. The predicted molar refractivity (Wildman–Crippen MR) is 116 cm³/mol. The van der Waals surface area contributed by atoms with Crippen molar-refractivity contribution < 1.29 is 9.90 Å². The lowest BCUT2D eigenvalue weighted by molar-refractivity contribution is -0.114. The molecule has 1 fully saturated rings. The van der Waals surface area contributed by atoms with E-state index in [4.69, 9.17) is 11.6 Å². The summed E-state index contributed by atoms with van der Waals surface area (Å²) in [6.45, 7) is 6.21. The summed E-state index contributed by atoms with van der Waals surface area (Å²) in [4.78, 5) is 13.1. The van der Waals surface area contributed by atoms with Gasteiger partial charge in [-0.05, 0) is 79.1 Å². The van der Waals surface area contributed by atoms with Gasteiger partial charge in [0, 0.05) is 16.9 Å². The number of hydrogen-bond donors (Lipinski definition) is 1. The minimum absolute atomic E-state index is 0.0940. The summed E-state index contributed by atoms with van der Waals surface area (Å²) >= 11 is 6.07. The van der Waals surface area contributed by atoms with Gasteiger partial charge in [0.2, 0.25) is 0 Å². The van der Waals surface area contributed by atoms with Crippen LogP contribution in [0.15, 0.2) is 36.1 Å². The van der Waals surface area contributed by atoms with Crippen molar-refractivity contribution in [2.75, 3.05) is 0 Å². The third-order valence-electron chi connectivity index (χ3n) is 6.68. The molecule has 0 amide bonds. The van der Waals surface area contributed by atoms with Crippen LogP contribution in [0.25, 0.3) is 16.7 Å². The van der Waals surface area contributed by atoms with Gasteiger partial charge in [-0.3, -0.25) is 4.79 Å². The molecule has 0 bridgehead atoms. The van der Waals surface area contributed by atoms with Crippen LogP contribution in [0.5, 0.6) is 0 Å². The van der Waals surface area contributed by atoms with Crippen LogP contribution in [0, 0.1) is 26.2 Å². The molecule has 2 aromatic carbocycles. The van der Waals surface area contributed by atoms with E-state index in [1.807, 2.05) is 31.2 Å². The second-order valence-electron chi connectivity index (χ2n) is 8.56. The summed E-state index contributed by atoms with van der Waals surface area (Å²) in [7, 11) is 0. The van der Waals surface area contributed by atoms with E-state index in [0.29, 0.717) is 22.8 Å². The largest absolute Gasteiger partial charge is 0.511 e. The summed E-state index contributed by atoms with van der Waals surface area (Å²) in [5.41, 5.74) is 6.63. The Balaban J connectivity index is 1.92. The second-order valence-corrected chi connectivity index (χ2v) is 8.99. The molecule has 0 atom stereocenters. The maximum absolute atomic E-state index is 13.1. The minimum atomic E-state index is -0.325. The number of aryl methyl sites for hydroxylation is 2. The highest BCUT2D eigenvalue weighted by Gasteiger charge is 2.47. The van der Waals surface area contributed by atoms with Gasteiger partial charge in [-0.2, -0.15) is 0 Å². The second kappa shape index (κ2) is 7.08. The Morgan fingerprint density at radius 2 is 1.54 bits per heavy atom. The lowest BCUT2D eigenvalue weighted by Gasteiger charge is -2.32. The molecule has 0 heterocycles. The number of rotatable bonds is 2. The number of aliphatic hydroxyl groups is 1. The van der Waals surface area contributed by atoms with Gasteiger partial charge in [0.1, 0.15) is 5.76 Å². The van der Waals surface area contributed by atoms with Crippen LogP contribution in [0.1, 0.15) is 60.8 Å². The maximum Gasteiger partial charge on any atom is 0.167 e. The zero-order valence-corrected chi connectivity index (χ0v) is 17.6. The van der Waals surface area contributed by atoms with Crippen LogP contribution in [-0.2, 0) is 4.79 Å². The number of allylic oxidation sites excluding steroid dienone is 2. The van der Waals surface area contributed by atoms with E-state index in [2.05, 4.69) is 19.9 Å². The highest BCUT2D eigenvalue weighted by Crippen LogP contribution is 2.53. The van der Waals surface area contributed by atoms with Crippen LogP contribution >= 0.6 is 11.6 Å². The van der Waals surface area contributed by atoms with Crippen LogP contribution in [0.2, 0.25) is 5.02 Å². The summed E-state index contributed by atoms with van der Waals surface area (Å²) < 4.78 is 0. The Kier molecular flexibility index (Phi) is 4.87. The van der Waals surface area contributed by atoms with Crippen LogP contribution < -0.4 is 0 Å². The average molecular weight is 395 g/mol. The highest BCUT2D eigenvalue weighted by atomic mass is 35.5. The van der Waals surface area contributed by atoms with E-state index in [1.165, 1.54) is 12.0 Å². The van der Waals surface area contributed by atoms with Crippen molar-refractivity contribution in [1.82, 2.24) is 0 Å². The van der Waals surface area contributed by atoms with E-state index in [9.17, 15) is 9.90 Å². The molecule has 1 spiro atoms. The normalized spacial score (nSPS) is 18.9. The van der Waals surface area contributed by atoms with E-state index >= 15 is 0 Å². The lowest BCUT2D eigenvalue weighted by atomic mass is 9.72. The Morgan fingerprint density at radius 1 is 0.929 bits per heavy atom. The van der Waals surface area contributed by atoms with Crippen LogP contribution in [-0.4, -0.2) is 10.9 Å². The molecule has 0 aliphatic heterocycles. The third kappa shape index (κ3) is 2.99. The maximum atomic E-state index is 13.1. The molecular weight excluding hydrogens is 368 g/mol. The first-order valence-corrected chi connectivity index (χ1v) is 10.6. The van der Waals surface area contributed by atoms with Gasteiger partial charge < -0.3 is 5.11 Å². The van der Waals surface area contributed by atoms with Crippen molar-refractivity contribution in [3.8, 4) is 11.1 Å². The first-order chi connectivity index (χ1) is 13.3. The van der Waals surface area contributed by atoms with Crippen molar-refractivity contribution in [1.29, 1.82) is 0 Å². The molecule has 2 aliphatic rings. The molecule has 0 radical (unpaired) electrons. The minimum Gasteiger partial charge on any atom is -0.511 e. The fraction of sp³-hybridized carbons (Fsp3) is 0.400. The fourth-order valence-electron chi connectivity index (χ4n) is 5.41. The molecule has 1 N–H and O–H groups in total. The number of carbonyl (C=O) groups is 1. The van der Waals surface area contributed by atoms with E-state index < -0.39 is 0 Å². The van der Waals surface area contributed by atoms with Crippen molar-refractivity contribution in [2.24, 2.45) is 5.41 Å². The van der Waals surface area contributed by atoms with Crippen LogP contribution in [0.3, 0.4) is 0 Å². The van der Waals surface area contributed by atoms with Gasteiger partial charge in [-0.1, -0.05) is 49.1 Å². The van der Waals surface area contributed by atoms with E-state index in [1.54, 1.807) is 0 Å². The molecule has 28 heavy (non-hydrogen) atoms. The zero-order valence-electron chi connectivity index (χ0n) is 16.9. The highest BCUT2D eigenvalue weighted by molar-refractivity contribution is 6.30. The molecule has 2 aromatic rings. The summed E-state index contributed by atoms with van der Waals surface area (Å²) in [6.07, 6.45) is 5.67. The lowest BCUT2D eigenvalue weighted by Crippen LogP contribution is -2.24. The SMILES string of the molecule is Cc1cc(C)c(-c2ccc(Cl)cc2)c(C)c1C1=C(O)C2(CCCCC2)CC1=O. The van der Waals surface area contributed by atoms with Gasteiger partial charge in [0.15, 0.2) is 5.78 Å². The first-order valence-electron chi connectivity index (χ1n) is 10.2. The number of Topliss-reactive ketones (excluding diaryl/α,β-unsaturated/α-hetero) is 1. The van der Waals surface area contributed by atoms with Gasteiger partial charge in [-0.15, -0.1) is 0 Å². The molecule has 1 saturated carbocycles. The number of halogens is 1. The predicted octanol–water partition coefficient (Wildman–Crippen LogP) is 7.12. The van der Waals surface area contributed by atoms with Gasteiger partial charge >= 0.3 is 0 Å². The molecule has 3 heteroatoms. The van der Waals surface area contributed by atoms with Crippen molar-refractivity contribution in [3.05, 3.63) is 63.4 Å². The molecule has 146 valence electrons. The Labute approximate surface area is 172 Å². The first kappa shape index (κ1) is 19.3. The van der Waals surface area contributed by atoms with Gasteiger partial charge in [0.25, 0.3) is 0 Å². The third-order valence-corrected chi connectivity index (χ3v) is 6.93. The number of hydrogen-bond acceptors (Lipinski definition) is 2. The summed E-state index contributed by atoms with van der Waals surface area (Å²) in [5, 5.41) is 12.0. The smallest absolute Gasteiger partial charge is 0.167 e. The Hall–Kier alpha value is -2.06. The average Bonchev–Trinajstić information content (AvgIpc) is 2.88. The van der Waals surface area contributed by atoms with Crippen molar-refractivity contribution >= 4 is 23.0 Å². The summed E-state index contributed by atoms with van der Waals surface area (Å²) in [6, 6.07) is 9.95. The van der Waals surface area contributed by atoms with Crippen molar-refractivity contribution in [3.63, 3.8) is 0 Å². The van der Waals surface area contributed by atoms with Crippen molar-refractivity contribution in [2.45, 2.75) is 59.3 Å². The molecular formula is C25H27ClO2. The topological polar surface area (TPSA) is 37.3 Å². The number of carbonyl (C=O) groups excluding carboxylic acids is 1. The Morgan fingerprint density at radius 3 is 2.18 bits per heavy atom. The van der Waals surface area contributed by atoms with E-state index in [0.717, 1.165) is 53.5 Å². The molecule has 2 aliphatic carbocycles. The molecule has 2 nitrogen and oxygen atoms in total. The molecule has 0 saturated heterocycles. The summed E-state index contributed by atoms with van der Waals surface area (Å²) in [5.74, 6) is 0.436. The van der Waals surface area contributed by atoms with Crippen LogP contribution in [0.4, 0.5) is 0 Å². The van der Waals surface area contributed by atoms with E-state index in [-0.39, 0.29) is 11.2 Å². The standard InChI is InChI=1S/C25H27ClO2/c1-15-13-16(2)22(17(3)21(15)18-7-9-19(26)10-8-18)23-20(27)14-25(24(23)28)11-5-4-6-12-25/h7-10,13,28H,4-6,11-12,14H2,1-3H3. The van der Waals surface area contributed by atoms with Gasteiger partial charge in [0.05, 0.1) is 5.57 Å². The molecule has 0 unspecified atom stereocenters. The Bertz CT molecular complexity index is 977. The number of aliphatic hydroxyl groups excluding tert-OH is 1. The number of benzene rings is 2.